The molecule has 0 fully saturated rings. The SMILES string of the molecule is CN[C@H](C)COC(O)C(C)C. The van der Waals surface area contributed by atoms with E-state index in [9.17, 15) is 5.11 Å². The van der Waals surface area contributed by atoms with Gasteiger partial charge in [0.25, 0.3) is 0 Å². The zero-order valence-corrected chi connectivity index (χ0v) is 7.79. The molecule has 3 nitrogen and oxygen atoms in total. The lowest BCUT2D eigenvalue weighted by atomic mass is 10.2. The summed E-state index contributed by atoms with van der Waals surface area (Å²) >= 11 is 0. The number of nitrogens with one attached hydrogen (secondary N) is 1. The Labute approximate surface area is 68.8 Å². The molecule has 0 aliphatic rings. The fourth-order valence-electron chi connectivity index (χ4n) is 0.519. The highest BCUT2D eigenvalue weighted by molar-refractivity contribution is 4.55. The molecule has 0 aromatic rings. The van der Waals surface area contributed by atoms with Gasteiger partial charge >= 0.3 is 0 Å². The van der Waals surface area contributed by atoms with Crippen molar-refractivity contribution in [3.8, 4) is 0 Å². The first kappa shape index (κ1) is 10.9. The molecule has 0 amide bonds. The van der Waals surface area contributed by atoms with Gasteiger partial charge in [-0.25, -0.2) is 0 Å². The van der Waals surface area contributed by atoms with Crippen LogP contribution in [0.3, 0.4) is 0 Å². The van der Waals surface area contributed by atoms with Gasteiger partial charge in [0.05, 0.1) is 6.61 Å². The minimum atomic E-state index is -0.634. The molecule has 0 rings (SSSR count). The maximum atomic E-state index is 9.22. The summed E-state index contributed by atoms with van der Waals surface area (Å²) in [6, 6.07) is 0.295. The van der Waals surface area contributed by atoms with Crippen molar-refractivity contribution >= 4 is 0 Å². The molecule has 0 aromatic carbocycles. The molecule has 0 aliphatic carbocycles. The second kappa shape index (κ2) is 5.52. The van der Waals surface area contributed by atoms with E-state index in [0.717, 1.165) is 0 Å². The average molecular weight is 161 g/mol. The van der Waals surface area contributed by atoms with Gasteiger partial charge in [0.15, 0.2) is 6.29 Å². The fraction of sp³-hybridized carbons (Fsp3) is 1.00. The smallest absolute Gasteiger partial charge is 0.156 e. The average Bonchev–Trinajstić information content (AvgIpc) is 1.99. The van der Waals surface area contributed by atoms with Crippen molar-refractivity contribution in [3.05, 3.63) is 0 Å². The standard InChI is InChI=1S/C8H19NO2/c1-6(2)8(10)11-5-7(3)9-4/h6-10H,5H2,1-4H3/t7-,8?/m1/s1. The van der Waals surface area contributed by atoms with Gasteiger partial charge in [0, 0.05) is 12.0 Å². The molecular formula is C8H19NO2. The first-order valence-corrected chi connectivity index (χ1v) is 4.04. The van der Waals surface area contributed by atoms with Gasteiger partial charge in [-0.1, -0.05) is 13.8 Å². The van der Waals surface area contributed by atoms with Crippen LogP contribution in [0.15, 0.2) is 0 Å². The van der Waals surface area contributed by atoms with E-state index < -0.39 is 6.29 Å². The van der Waals surface area contributed by atoms with Gasteiger partial charge in [-0.2, -0.15) is 0 Å². The molecule has 3 heteroatoms. The zero-order chi connectivity index (χ0) is 8.85. The van der Waals surface area contributed by atoms with Crippen LogP contribution in [0.4, 0.5) is 0 Å². The molecule has 0 saturated heterocycles. The Kier molecular flexibility index (Phi) is 5.46. The summed E-state index contributed by atoms with van der Waals surface area (Å²) in [7, 11) is 1.87. The van der Waals surface area contributed by atoms with Crippen molar-refractivity contribution in [2.24, 2.45) is 5.92 Å². The van der Waals surface area contributed by atoms with E-state index >= 15 is 0 Å². The lowest BCUT2D eigenvalue weighted by Crippen LogP contribution is -2.31. The van der Waals surface area contributed by atoms with Crippen LogP contribution in [-0.2, 0) is 4.74 Å². The predicted molar refractivity (Wildman–Crippen MR) is 45.3 cm³/mol. The zero-order valence-electron chi connectivity index (χ0n) is 7.79. The first-order valence-electron chi connectivity index (χ1n) is 4.04. The van der Waals surface area contributed by atoms with Crippen molar-refractivity contribution < 1.29 is 9.84 Å². The van der Waals surface area contributed by atoms with Crippen LogP contribution >= 0.6 is 0 Å². The lowest BCUT2D eigenvalue weighted by Gasteiger charge is -2.17. The summed E-state index contributed by atoms with van der Waals surface area (Å²) in [4.78, 5) is 0. The van der Waals surface area contributed by atoms with Gasteiger partial charge in [0.2, 0.25) is 0 Å². The monoisotopic (exact) mass is 161 g/mol. The van der Waals surface area contributed by atoms with E-state index in [0.29, 0.717) is 12.6 Å². The highest BCUT2D eigenvalue weighted by Gasteiger charge is 2.09. The molecule has 1 unspecified atom stereocenters. The normalized spacial score (nSPS) is 16.9. The summed E-state index contributed by atoms with van der Waals surface area (Å²) in [6.45, 7) is 6.41. The Morgan fingerprint density at radius 1 is 1.36 bits per heavy atom. The summed E-state index contributed by atoms with van der Waals surface area (Å²) < 4.78 is 5.15. The largest absolute Gasteiger partial charge is 0.368 e. The Morgan fingerprint density at radius 2 is 1.91 bits per heavy atom. The molecule has 0 spiro atoms. The third kappa shape index (κ3) is 5.18. The Hall–Kier alpha value is -0.120. The van der Waals surface area contributed by atoms with Crippen LogP contribution < -0.4 is 5.32 Å². The minimum Gasteiger partial charge on any atom is -0.368 e. The second-order valence-corrected chi connectivity index (χ2v) is 3.16. The predicted octanol–water partition coefficient (Wildman–Crippen LogP) is 0.585. The molecular weight excluding hydrogens is 142 g/mol. The third-order valence-electron chi connectivity index (χ3n) is 1.58. The van der Waals surface area contributed by atoms with E-state index in [4.69, 9.17) is 4.74 Å². The van der Waals surface area contributed by atoms with E-state index in [1.54, 1.807) is 0 Å². The molecule has 2 atom stereocenters. The van der Waals surface area contributed by atoms with Crippen LogP contribution in [0.25, 0.3) is 0 Å². The van der Waals surface area contributed by atoms with Gasteiger partial charge in [-0.05, 0) is 14.0 Å². The third-order valence-corrected chi connectivity index (χ3v) is 1.58. The van der Waals surface area contributed by atoms with E-state index in [2.05, 4.69) is 5.32 Å². The van der Waals surface area contributed by atoms with Crippen molar-refractivity contribution in [1.82, 2.24) is 5.32 Å². The van der Waals surface area contributed by atoms with Crippen LogP contribution in [0.2, 0.25) is 0 Å². The topological polar surface area (TPSA) is 41.5 Å². The van der Waals surface area contributed by atoms with Crippen molar-refractivity contribution in [1.29, 1.82) is 0 Å². The number of hydrogen-bond donors (Lipinski definition) is 2. The summed E-state index contributed by atoms with van der Waals surface area (Å²) in [5, 5.41) is 12.2. The van der Waals surface area contributed by atoms with Crippen LogP contribution in [0, 0.1) is 5.92 Å². The number of likely N-dealkylation sites (N-methyl/N-ethyl adjacent to an activating group) is 1. The Balaban J connectivity index is 3.37. The van der Waals surface area contributed by atoms with Gasteiger partial charge in [-0.3, -0.25) is 0 Å². The Morgan fingerprint density at radius 3 is 2.27 bits per heavy atom. The molecule has 0 aromatic heterocycles. The van der Waals surface area contributed by atoms with Gasteiger partial charge in [0.1, 0.15) is 0 Å². The van der Waals surface area contributed by atoms with E-state index in [-0.39, 0.29) is 5.92 Å². The molecule has 68 valence electrons. The number of aliphatic hydroxyl groups is 1. The summed E-state index contributed by atoms with van der Waals surface area (Å²) in [5.74, 6) is 0.166. The molecule has 0 saturated carbocycles. The summed E-state index contributed by atoms with van der Waals surface area (Å²) in [5.41, 5.74) is 0. The first-order chi connectivity index (χ1) is 5.07. The summed E-state index contributed by atoms with van der Waals surface area (Å²) in [6.07, 6.45) is -0.634. The highest BCUT2D eigenvalue weighted by atomic mass is 16.6. The molecule has 2 N–H and O–H groups in total. The van der Waals surface area contributed by atoms with E-state index in [1.165, 1.54) is 0 Å². The Bertz CT molecular complexity index is 96.1. The quantitative estimate of drug-likeness (QED) is 0.580. The van der Waals surface area contributed by atoms with Gasteiger partial charge < -0.3 is 15.2 Å². The fourth-order valence-corrected chi connectivity index (χ4v) is 0.519. The molecule has 0 aliphatic heterocycles. The van der Waals surface area contributed by atoms with Gasteiger partial charge in [-0.15, -0.1) is 0 Å². The molecule has 0 bridgehead atoms. The lowest BCUT2D eigenvalue weighted by molar-refractivity contribution is -0.129. The number of hydrogen-bond acceptors (Lipinski definition) is 3. The highest BCUT2D eigenvalue weighted by Crippen LogP contribution is 2.02. The minimum absolute atomic E-state index is 0.166. The number of aliphatic hydroxyl groups excluding tert-OH is 1. The van der Waals surface area contributed by atoms with Crippen LogP contribution in [-0.4, -0.2) is 31.1 Å². The van der Waals surface area contributed by atoms with Crippen LogP contribution in [0.5, 0.6) is 0 Å². The van der Waals surface area contributed by atoms with Crippen molar-refractivity contribution in [2.45, 2.75) is 33.1 Å². The van der Waals surface area contributed by atoms with Crippen molar-refractivity contribution in [2.75, 3.05) is 13.7 Å². The number of rotatable bonds is 5. The maximum Gasteiger partial charge on any atom is 0.156 e. The van der Waals surface area contributed by atoms with E-state index in [1.807, 2.05) is 27.8 Å². The number of ether oxygens (including phenoxy) is 1. The molecule has 0 heterocycles. The van der Waals surface area contributed by atoms with Crippen molar-refractivity contribution in [3.63, 3.8) is 0 Å². The molecule has 11 heavy (non-hydrogen) atoms. The van der Waals surface area contributed by atoms with Crippen LogP contribution in [0.1, 0.15) is 20.8 Å². The maximum absolute atomic E-state index is 9.22. The molecule has 0 radical (unpaired) electrons. The second-order valence-electron chi connectivity index (χ2n) is 3.16.